The molecule has 1 N–H and O–H groups in total. The van der Waals surface area contributed by atoms with Gasteiger partial charge in [-0.15, -0.1) is 11.3 Å². The topological polar surface area (TPSA) is 59.4 Å². The Balaban J connectivity index is 2.58. The summed E-state index contributed by atoms with van der Waals surface area (Å²) < 4.78 is 18.7. The molecule has 94 valence electrons. The van der Waals surface area contributed by atoms with Crippen LogP contribution in [0.3, 0.4) is 0 Å². The maximum atomic E-state index is 13.2. The van der Waals surface area contributed by atoms with E-state index in [0.29, 0.717) is 20.1 Å². The fraction of sp³-hybridized carbons (Fsp3) is 0.0909. The van der Waals surface area contributed by atoms with Crippen LogP contribution in [0.4, 0.5) is 4.39 Å². The first-order valence-electron chi connectivity index (χ1n) is 4.76. The molecule has 0 aliphatic carbocycles. The Morgan fingerprint density at radius 3 is 2.83 bits per heavy atom. The van der Waals surface area contributed by atoms with Crippen LogP contribution < -0.4 is 4.74 Å². The average molecular weight is 332 g/mol. The number of nitrogens with zero attached hydrogens (tertiary/aromatic N) is 1. The van der Waals surface area contributed by atoms with Crippen molar-refractivity contribution in [3.63, 3.8) is 0 Å². The standard InChI is InChI=1S/C11H7BrFNO3S/c1-17-7-3-2-5(13)4-6(7)10-14-8(11(15)16)9(12)18-10/h2-4H,1H3,(H,15,16). The highest BCUT2D eigenvalue weighted by molar-refractivity contribution is 9.11. The summed E-state index contributed by atoms with van der Waals surface area (Å²) in [5, 5.41) is 9.30. The highest BCUT2D eigenvalue weighted by Crippen LogP contribution is 2.37. The van der Waals surface area contributed by atoms with Crippen molar-refractivity contribution in [2.24, 2.45) is 0 Å². The summed E-state index contributed by atoms with van der Waals surface area (Å²) in [7, 11) is 1.46. The lowest BCUT2D eigenvalue weighted by Crippen LogP contribution is -1.97. The van der Waals surface area contributed by atoms with Crippen molar-refractivity contribution in [3.05, 3.63) is 33.5 Å². The van der Waals surface area contributed by atoms with E-state index in [1.807, 2.05) is 0 Å². The molecule has 18 heavy (non-hydrogen) atoms. The third kappa shape index (κ3) is 2.37. The lowest BCUT2D eigenvalue weighted by Gasteiger charge is -2.05. The molecule has 1 aromatic carbocycles. The van der Waals surface area contributed by atoms with Gasteiger partial charge in [-0.2, -0.15) is 0 Å². The number of methoxy groups -OCH3 is 1. The van der Waals surface area contributed by atoms with Gasteiger partial charge in [0.25, 0.3) is 0 Å². The van der Waals surface area contributed by atoms with Gasteiger partial charge < -0.3 is 9.84 Å². The van der Waals surface area contributed by atoms with Crippen molar-refractivity contribution >= 4 is 33.2 Å². The summed E-state index contributed by atoms with van der Waals surface area (Å²) in [5.74, 6) is -1.14. The van der Waals surface area contributed by atoms with Gasteiger partial charge in [-0.1, -0.05) is 0 Å². The second kappa shape index (κ2) is 5.03. The molecule has 0 radical (unpaired) electrons. The molecule has 7 heteroatoms. The molecule has 0 unspecified atom stereocenters. The first-order valence-corrected chi connectivity index (χ1v) is 6.37. The van der Waals surface area contributed by atoms with E-state index in [0.717, 1.165) is 11.3 Å². The zero-order valence-corrected chi connectivity index (χ0v) is 11.5. The molecular formula is C11H7BrFNO3S. The zero-order chi connectivity index (χ0) is 13.3. The quantitative estimate of drug-likeness (QED) is 0.936. The van der Waals surface area contributed by atoms with Gasteiger partial charge in [0.15, 0.2) is 5.69 Å². The Morgan fingerprint density at radius 2 is 2.28 bits per heavy atom. The summed E-state index contributed by atoms with van der Waals surface area (Å²) in [6.45, 7) is 0. The minimum atomic E-state index is -1.14. The van der Waals surface area contributed by atoms with E-state index in [1.54, 1.807) is 0 Å². The molecule has 0 atom stereocenters. The van der Waals surface area contributed by atoms with Crippen molar-refractivity contribution in [1.29, 1.82) is 0 Å². The number of hydrogen-bond donors (Lipinski definition) is 1. The molecule has 0 aliphatic rings. The number of carbonyl (C=O) groups is 1. The zero-order valence-electron chi connectivity index (χ0n) is 9.11. The molecule has 1 heterocycles. The van der Waals surface area contributed by atoms with E-state index in [9.17, 15) is 9.18 Å². The number of thiazole rings is 1. The van der Waals surface area contributed by atoms with Crippen LogP contribution in [0.1, 0.15) is 10.5 Å². The van der Waals surface area contributed by atoms with Gasteiger partial charge in [-0.3, -0.25) is 0 Å². The average Bonchev–Trinajstić information content (AvgIpc) is 2.71. The Hall–Kier alpha value is -1.47. The Bertz CT molecular complexity index is 614. The van der Waals surface area contributed by atoms with Crippen LogP contribution >= 0.6 is 27.3 Å². The number of ether oxygens (including phenoxy) is 1. The molecule has 0 spiro atoms. The Kier molecular flexibility index (Phi) is 3.63. The number of hydrogen-bond acceptors (Lipinski definition) is 4. The highest BCUT2D eigenvalue weighted by atomic mass is 79.9. The summed E-state index contributed by atoms with van der Waals surface area (Å²) in [6, 6.07) is 4.00. The Morgan fingerprint density at radius 1 is 1.56 bits per heavy atom. The number of aromatic carboxylic acids is 1. The third-order valence-electron chi connectivity index (χ3n) is 2.18. The van der Waals surface area contributed by atoms with E-state index < -0.39 is 11.8 Å². The summed E-state index contributed by atoms with van der Waals surface area (Å²) in [4.78, 5) is 14.9. The van der Waals surface area contributed by atoms with Crippen molar-refractivity contribution in [2.45, 2.75) is 0 Å². The number of halogens is 2. The fourth-order valence-electron chi connectivity index (χ4n) is 1.40. The van der Waals surface area contributed by atoms with E-state index in [2.05, 4.69) is 20.9 Å². The van der Waals surface area contributed by atoms with Crippen LogP contribution in [0.2, 0.25) is 0 Å². The molecule has 0 fully saturated rings. The largest absolute Gasteiger partial charge is 0.496 e. The number of benzene rings is 1. The number of carboxylic acids is 1. The summed E-state index contributed by atoms with van der Waals surface area (Å²) in [5.41, 5.74) is 0.331. The van der Waals surface area contributed by atoms with Crippen molar-refractivity contribution < 1.29 is 19.0 Å². The van der Waals surface area contributed by atoms with Crippen LogP contribution in [0.25, 0.3) is 10.6 Å². The maximum absolute atomic E-state index is 13.2. The third-order valence-corrected chi connectivity index (χ3v) is 3.92. The molecule has 2 aromatic rings. The smallest absolute Gasteiger partial charge is 0.356 e. The highest BCUT2D eigenvalue weighted by Gasteiger charge is 2.18. The van der Waals surface area contributed by atoms with Gasteiger partial charge in [-0.25, -0.2) is 14.2 Å². The molecule has 0 bridgehead atoms. The minimum Gasteiger partial charge on any atom is -0.496 e. The van der Waals surface area contributed by atoms with Gasteiger partial charge in [0.2, 0.25) is 0 Å². The molecule has 1 aromatic heterocycles. The predicted octanol–water partition coefficient (Wildman–Crippen LogP) is 3.42. The van der Waals surface area contributed by atoms with Crippen molar-refractivity contribution in [2.75, 3.05) is 7.11 Å². The van der Waals surface area contributed by atoms with E-state index in [-0.39, 0.29) is 5.69 Å². The van der Waals surface area contributed by atoms with Gasteiger partial charge >= 0.3 is 5.97 Å². The van der Waals surface area contributed by atoms with Crippen LogP contribution in [0.5, 0.6) is 5.75 Å². The van der Waals surface area contributed by atoms with Crippen molar-refractivity contribution in [3.8, 4) is 16.3 Å². The monoisotopic (exact) mass is 331 g/mol. The predicted molar refractivity (Wildman–Crippen MR) is 68.7 cm³/mol. The number of carboxylic acid groups (broad SMARTS) is 1. The maximum Gasteiger partial charge on any atom is 0.356 e. The molecule has 2 rings (SSSR count). The van der Waals surface area contributed by atoms with E-state index in [4.69, 9.17) is 9.84 Å². The van der Waals surface area contributed by atoms with E-state index in [1.165, 1.54) is 25.3 Å². The fourth-order valence-corrected chi connectivity index (χ4v) is 2.92. The molecule has 0 aliphatic heterocycles. The van der Waals surface area contributed by atoms with Crippen LogP contribution in [0, 0.1) is 5.82 Å². The van der Waals surface area contributed by atoms with Crippen molar-refractivity contribution in [1.82, 2.24) is 4.98 Å². The van der Waals surface area contributed by atoms with Gasteiger partial charge in [0.1, 0.15) is 20.4 Å². The van der Waals surface area contributed by atoms with Crippen LogP contribution in [-0.2, 0) is 0 Å². The molecule has 0 saturated carbocycles. The van der Waals surface area contributed by atoms with Gasteiger partial charge in [-0.05, 0) is 34.1 Å². The van der Waals surface area contributed by atoms with E-state index >= 15 is 0 Å². The van der Waals surface area contributed by atoms with Gasteiger partial charge in [0, 0.05) is 0 Å². The number of aromatic nitrogens is 1. The van der Waals surface area contributed by atoms with Gasteiger partial charge in [0.05, 0.1) is 12.7 Å². The Labute approximate surface area is 114 Å². The SMILES string of the molecule is COc1ccc(F)cc1-c1nc(C(=O)O)c(Br)s1. The summed E-state index contributed by atoms with van der Waals surface area (Å²) >= 11 is 4.23. The molecular weight excluding hydrogens is 325 g/mol. The lowest BCUT2D eigenvalue weighted by atomic mass is 10.2. The first kappa shape index (κ1) is 13.0. The number of rotatable bonds is 3. The normalized spacial score (nSPS) is 10.4. The summed E-state index contributed by atoms with van der Waals surface area (Å²) in [6.07, 6.45) is 0. The minimum absolute atomic E-state index is 0.0960. The van der Waals surface area contributed by atoms with Crippen LogP contribution in [-0.4, -0.2) is 23.2 Å². The first-order chi connectivity index (χ1) is 8.52. The second-order valence-electron chi connectivity index (χ2n) is 3.29. The van der Waals surface area contributed by atoms with Crippen LogP contribution in [0.15, 0.2) is 22.0 Å². The lowest BCUT2D eigenvalue weighted by molar-refractivity contribution is 0.0690. The molecule has 4 nitrogen and oxygen atoms in total. The molecule has 0 amide bonds. The second-order valence-corrected chi connectivity index (χ2v) is 5.61. The molecule has 0 saturated heterocycles.